The molecule has 78 valence electrons. The maximum atomic E-state index is 10.3. The number of rotatable bonds is 0. The summed E-state index contributed by atoms with van der Waals surface area (Å²) in [5.74, 6) is 0.326. The highest BCUT2D eigenvalue weighted by molar-refractivity contribution is 5.63. The van der Waals surface area contributed by atoms with Crippen LogP contribution in [0.3, 0.4) is 0 Å². The second kappa shape index (κ2) is 3.49. The summed E-state index contributed by atoms with van der Waals surface area (Å²) in [6.07, 6.45) is 4.62. The van der Waals surface area contributed by atoms with Crippen LogP contribution in [0, 0.1) is 0 Å². The Labute approximate surface area is 93.2 Å². The van der Waals surface area contributed by atoms with Crippen molar-refractivity contribution in [2.45, 2.75) is 6.42 Å². The van der Waals surface area contributed by atoms with Gasteiger partial charge >= 0.3 is 0 Å². The van der Waals surface area contributed by atoms with E-state index in [-0.39, 0.29) is 0 Å². The lowest BCUT2D eigenvalue weighted by Gasteiger charge is -2.03. The molecule has 0 unspecified atom stereocenters. The molecule has 0 fully saturated rings. The molecule has 2 nitrogen and oxygen atoms in total. The van der Waals surface area contributed by atoms with Crippen molar-refractivity contribution >= 4 is 11.8 Å². The number of hydrogen-bond acceptors (Lipinski definition) is 2. The van der Waals surface area contributed by atoms with Crippen molar-refractivity contribution in [2.24, 2.45) is 0 Å². The highest BCUT2D eigenvalue weighted by atomic mass is 16.3. The van der Waals surface area contributed by atoms with Gasteiger partial charge in [0.05, 0.1) is 5.69 Å². The van der Waals surface area contributed by atoms with E-state index in [1.54, 1.807) is 6.20 Å². The smallest absolute Gasteiger partial charge is 0.132 e. The Kier molecular flexibility index (Phi) is 2.00. The highest BCUT2D eigenvalue weighted by Gasteiger charge is 2.10. The summed E-state index contributed by atoms with van der Waals surface area (Å²) in [7, 11) is 0. The molecule has 1 aliphatic carbocycles. The second-order valence-electron chi connectivity index (χ2n) is 3.84. The molecular weight excluding hydrogens is 198 g/mol. The van der Waals surface area contributed by atoms with Crippen LogP contribution in [0.1, 0.15) is 11.3 Å². The van der Waals surface area contributed by atoms with Gasteiger partial charge in [-0.2, -0.15) is 0 Å². The molecule has 2 heteroatoms. The van der Waals surface area contributed by atoms with Crippen LogP contribution in [-0.4, -0.2) is 10.1 Å². The van der Waals surface area contributed by atoms with Crippen LogP contribution in [0.4, 0.5) is 0 Å². The molecule has 0 radical (unpaired) electrons. The van der Waals surface area contributed by atoms with E-state index in [1.807, 2.05) is 36.4 Å². The SMILES string of the molecule is OC1=c2ccccc2=CCc2ncccc21. The molecule has 1 aromatic carbocycles. The molecule has 0 bridgehead atoms. The fraction of sp³-hybridized carbons (Fsp3) is 0.0714. The zero-order chi connectivity index (χ0) is 11.0. The number of benzene rings is 1. The number of fused-ring (bicyclic) bond motifs is 2. The van der Waals surface area contributed by atoms with E-state index in [2.05, 4.69) is 11.1 Å². The van der Waals surface area contributed by atoms with Gasteiger partial charge in [-0.25, -0.2) is 0 Å². The van der Waals surface area contributed by atoms with Crippen molar-refractivity contribution in [3.63, 3.8) is 0 Å². The number of nitrogens with zero attached hydrogens (tertiary/aromatic N) is 1. The van der Waals surface area contributed by atoms with Gasteiger partial charge in [-0.1, -0.05) is 30.3 Å². The van der Waals surface area contributed by atoms with Crippen molar-refractivity contribution in [1.29, 1.82) is 0 Å². The second-order valence-corrected chi connectivity index (χ2v) is 3.84. The lowest BCUT2D eigenvalue weighted by atomic mass is 10.1. The van der Waals surface area contributed by atoms with Crippen molar-refractivity contribution in [1.82, 2.24) is 4.98 Å². The van der Waals surface area contributed by atoms with Gasteiger partial charge in [0, 0.05) is 23.4 Å². The van der Waals surface area contributed by atoms with E-state index in [4.69, 9.17) is 0 Å². The molecule has 16 heavy (non-hydrogen) atoms. The average molecular weight is 209 g/mol. The summed E-state index contributed by atoms with van der Waals surface area (Å²) in [6.45, 7) is 0. The topological polar surface area (TPSA) is 33.1 Å². The molecule has 1 aromatic heterocycles. The number of hydrogen-bond donors (Lipinski definition) is 1. The molecule has 2 aromatic rings. The fourth-order valence-corrected chi connectivity index (χ4v) is 2.06. The minimum Gasteiger partial charge on any atom is -0.507 e. The van der Waals surface area contributed by atoms with Gasteiger partial charge in [-0.15, -0.1) is 0 Å². The number of aliphatic hydroxyl groups is 1. The Morgan fingerprint density at radius 1 is 1.06 bits per heavy atom. The predicted octanol–water partition coefficient (Wildman–Crippen LogP) is 1.13. The zero-order valence-electron chi connectivity index (χ0n) is 8.72. The van der Waals surface area contributed by atoms with E-state index < -0.39 is 0 Å². The van der Waals surface area contributed by atoms with Crippen LogP contribution in [-0.2, 0) is 6.42 Å². The average Bonchev–Trinajstić information content (AvgIpc) is 2.49. The Morgan fingerprint density at radius 3 is 2.88 bits per heavy atom. The summed E-state index contributed by atoms with van der Waals surface area (Å²) in [5, 5.41) is 12.2. The quantitative estimate of drug-likeness (QED) is 0.705. The van der Waals surface area contributed by atoms with Gasteiger partial charge in [-0.3, -0.25) is 4.98 Å². The van der Waals surface area contributed by atoms with Crippen LogP contribution < -0.4 is 10.4 Å². The van der Waals surface area contributed by atoms with Crippen LogP contribution in [0.25, 0.3) is 11.8 Å². The van der Waals surface area contributed by atoms with Crippen molar-refractivity contribution in [3.8, 4) is 0 Å². The summed E-state index contributed by atoms with van der Waals surface area (Å²) >= 11 is 0. The van der Waals surface area contributed by atoms with Crippen molar-refractivity contribution < 1.29 is 5.11 Å². The molecule has 3 rings (SSSR count). The Bertz CT molecular complexity index is 658. The lowest BCUT2D eigenvalue weighted by Crippen LogP contribution is -2.25. The Balaban J connectivity index is 2.45. The first-order valence-corrected chi connectivity index (χ1v) is 5.29. The molecular formula is C14H11NO. The minimum atomic E-state index is 0.326. The van der Waals surface area contributed by atoms with E-state index >= 15 is 0 Å². The molecule has 0 atom stereocenters. The van der Waals surface area contributed by atoms with Gasteiger partial charge in [0.25, 0.3) is 0 Å². The molecule has 0 aliphatic heterocycles. The molecule has 1 heterocycles. The number of aromatic nitrogens is 1. The first-order valence-electron chi connectivity index (χ1n) is 5.29. The predicted molar refractivity (Wildman–Crippen MR) is 63.2 cm³/mol. The minimum absolute atomic E-state index is 0.326. The third kappa shape index (κ3) is 1.31. The normalized spacial score (nSPS) is 13.4. The third-order valence-corrected chi connectivity index (χ3v) is 2.88. The highest BCUT2D eigenvalue weighted by Crippen LogP contribution is 2.14. The first-order chi connectivity index (χ1) is 7.86. The molecule has 1 N–H and O–H groups in total. The van der Waals surface area contributed by atoms with Crippen LogP contribution >= 0.6 is 0 Å². The molecule has 0 saturated heterocycles. The van der Waals surface area contributed by atoms with Gasteiger partial charge in [0.15, 0.2) is 0 Å². The number of pyridine rings is 1. The number of aliphatic hydroxyl groups excluding tert-OH is 1. The van der Waals surface area contributed by atoms with E-state index in [1.165, 1.54) is 0 Å². The van der Waals surface area contributed by atoms with E-state index in [0.29, 0.717) is 5.76 Å². The lowest BCUT2D eigenvalue weighted by molar-refractivity contribution is 0.506. The Morgan fingerprint density at radius 2 is 1.94 bits per heavy atom. The largest absolute Gasteiger partial charge is 0.507 e. The molecule has 0 spiro atoms. The summed E-state index contributed by atoms with van der Waals surface area (Å²) in [5.41, 5.74) is 1.76. The van der Waals surface area contributed by atoms with Crippen molar-refractivity contribution in [3.05, 3.63) is 64.3 Å². The van der Waals surface area contributed by atoms with E-state index in [9.17, 15) is 5.11 Å². The van der Waals surface area contributed by atoms with Gasteiger partial charge in [0.2, 0.25) is 0 Å². The first kappa shape index (κ1) is 9.16. The van der Waals surface area contributed by atoms with Crippen LogP contribution in [0.2, 0.25) is 0 Å². The summed E-state index contributed by atoms with van der Waals surface area (Å²) in [4.78, 5) is 4.30. The van der Waals surface area contributed by atoms with Crippen molar-refractivity contribution in [2.75, 3.05) is 0 Å². The van der Waals surface area contributed by atoms with Gasteiger partial charge in [0.1, 0.15) is 5.76 Å². The van der Waals surface area contributed by atoms with Crippen LogP contribution in [0.5, 0.6) is 0 Å². The van der Waals surface area contributed by atoms with E-state index in [0.717, 1.165) is 28.1 Å². The summed E-state index contributed by atoms with van der Waals surface area (Å²) in [6, 6.07) is 11.6. The molecule has 0 amide bonds. The van der Waals surface area contributed by atoms with Gasteiger partial charge < -0.3 is 5.11 Å². The Hall–Kier alpha value is -2.09. The maximum Gasteiger partial charge on any atom is 0.132 e. The monoisotopic (exact) mass is 209 g/mol. The molecule has 0 saturated carbocycles. The van der Waals surface area contributed by atoms with Gasteiger partial charge in [-0.05, 0) is 17.4 Å². The maximum absolute atomic E-state index is 10.3. The van der Waals surface area contributed by atoms with Crippen LogP contribution in [0.15, 0.2) is 42.6 Å². The summed E-state index contributed by atoms with van der Waals surface area (Å²) < 4.78 is 0. The fourth-order valence-electron chi connectivity index (χ4n) is 2.06. The molecule has 1 aliphatic rings. The standard InChI is InChI=1S/C14H11NO/c16-14-11-5-2-1-4-10(11)7-8-13-12(14)6-3-9-15-13/h1-7,9,16H,8H2. The third-order valence-electron chi connectivity index (χ3n) is 2.88. The zero-order valence-corrected chi connectivity index (χ0v) is 8.72.